The van der Waals surface area contributed by atoms with Gasteiger partial charge in [0.2, 0.25) is 0 Å². The van der Waals surface area contributed by atoms with E-state index in [1.54, 1.807) is 13.0 Å². The monoisotopic (exact) mass is 278 g/mol. The lowest BCUT2D eigenvalue weighted by molar-refractivity contribution is -0.383. The number of benzene rings is 1. The van der Waals surface area contributed by atoms with Crippen LogP contribution in [0.4, 0.5) is 11.4 Å². The molecule has 7 nitrogen and oxygen atoms in total. The van der Waals surface area contributed by atoms with E-state index in [4.69, 9.17) is 5.11 Å². The SMILES string of the molecule is C/C(C(=O)O)=C(/C)C(=O)Nc1cc(C)ccc1[N+](=O)[O-]. The van der Waals surface area contributed by atoms with E-state index >= 15 is 0 Å². The highest BCUT2D eigenvalue weighted by atomic mass is 16.6. The zero-order valence-electron chi connectivity index (χ0n) is 11.3. The number of carbonyl (C=O) groups excluding carboxylic acids is 1. The Bertz CT molecular complexity index is 619. The number of nitrogens with zero attached hydrogens (tertiary/aromatic N) is 1. The van der Waals surface area contributed by atoms with Gasteiger partial charge in [0.15, 0.2) is 0 Å². The Kier molecular flexibility index (Phi) is 4.58. The Balaban J connectivity index is 3.14. The van der Waals surface area contributed by atoms with E-state index in [0.717, 1.165) is 5.56 Å². The maximum atomic E-state index is 11.9. The quantitative estimate of drug-likeness (QED) is 0.498. The average Bonchev–Trinajstić information content (AvgIpc) is 2.36. The molecule has 0 aliphatic rings. The standard InChI is InChI=1S/C13H14N2O5/c1-7-4-5-11(15(19)20)10(6-7)14-12(16)8(2)9(3)13(17)18/h4-6H,1-3H3,(H,14,16)(H,17,18)/b9-8+. The van der Waals surface area contributed by atoms with Crippen molar-refractivity contribution in [2.75, 3.05) is 5.32 Å². The van der Waals surface area contributed by atoms with Crippen LogP contribution in [-0.4, -0.2) is 21.9 Å². The second-order valence-corrected chi connectivity index (χ2v) is 4.29. The molecule has 0 fully saturated rings. The van der Waals surface area contributed by atoms with Crippen LogP contribution in [0.2, 0.25) is 0 Å². The highest BCUT2D eigenvalue weighted by Gasteiger charge is 2.18. The molecule has 1 rings (SSSR count). The molecule has 0 saturated carbocycles. The molecule has 0 spiro atoms. The van der Waals surface area contributed by atoms with Crippen molar-refractivity contribution < 1.29 is 19.6 Å². The van der Waals surface area contributed by atoms with Crippen molar-refractivity contribution in [2.45, 2.75) is 20.8 Å². The average molecular weight is 278 g/mol. The number of carbonyl (C=O) groups is 2. The largest absolute Gasteiger partial charge is 0.478 e. The van der Waals surface area contributed by atoms with Gasteiger partial charge >= 0.3 is 5.97 Å². The van der Waals surface area contributed by atoms with Gasteiger partial charge in [-0.05, 0) is 32.4 Å². The third kappa shape index (κ3) is 3.41. The maximum Gasteiger partial charge on any atom is 0.331 e. The predicted octanol–water partition coefficient (Wildman–Crippen LogP) is 2.26. The molecule has 0 atom stereocenters. The summed E-state index contributed by atoms with van der Waals surface area (Å²) >= 11 is 0. The minimum atomic E-state index is -1.21. The molecule has 1 aromatic rings. The molecule has 0 aliphatic carbocycles. The number of anilines is 1. The number of amides is 1. The van der Waals surface area contributed by atoms with Gasteiger partial charge in [-0.2, -0.15) is 0 Å². The molecule has 7 heteroatoms. The van der Waals surface area contributed by atoms with Crippen LogP contribution < -0.4 is 5.32 Å². The summed E-state index contributed by atoms with van der Waals surface area (Å²) in [6, 6.07) is 4.30. The van der Waals surface area contributed by atoms with Crippen LogP contribution in [0.15, 0.2) is 29.3 Å². The highest BCUT2D eigenvalue weighted by molar-refractivity contribution is 6.08. The molecule has 0 bridgehead atoms. The third-order valence-electron chi connectivity index (χ3n) is 2.82. The summed E-state index contributed by atoms with van der Waals surface area (Å²) in [4.78, 5) is 32.9. The molecule has 0 aliphatic heterocycles. The van der Waals surface area contributed by atoms with E-state index in [9.17, 15) is 19.7 Å². The van der Waals surface area contributed by atoms with Crippen molar-refractivity contribution >= 4 is 23.3 Å². The number of nitro benzene ring substituents is 1. The van der Waals surface area contributed by atoms with Crippen molar-refractivity contribution in [2.24, 2.45) is 0 Å². The van der Waals surface area contributed by atoms with Crippen molar-refractivity contribution in [1.29, 1.82) is 0 Å². The fourth-order valence-electron chi connectivity index (χ4n) is 1.46. The number of carboxylic acids is 1. The summed E-state index contributed by atoms with van der Waals surface area (Å²) < 4.78 is 0. The summed E-state index contributed by atoms with van der Waals surface area (Å²) in [6.07, 6.45) is 0. The number of nitrogens with one attached hydrogen (secondary N) is 1. The highest BCUT2D eigenvalue weighted by Crippen LogP contribution is 2.25. The summed E-state index contributed by atoms with van der Waals surface area (Å²) in [7, 11) is 0. The first-order chi connectivity index (χ1) is 9.23. The van der Waals surface area contributed by atoms with Gasteiger partial charge in [-0.1, -0.05) is 6.07 Å². The van der Waals surface area contributed by atoms with Crippen LogP contribution >= 0.6 is 0 Å². The van der Waals surface area contributed by atoms with Gasteiger partial charge in [0.05, 0.1) is 4.92 Å². The molecule has 1 amide bonds. The van der Waals surface area contributed by atoms with Crippen LogP contribution in [-0.2, 0) is 9.59 Å². The van der Waals surface area contributed by atoms with Crippen LogP contribution in [0.25, 0.3) is 0 Å². The van der Waals surface area contributed by atoms with E-state index in [1.165, 1.54) is 26.0 Å². The lowest BCUT2D eigenvalue weighted by Gasteiger charge is -2.08. The number of nitro groups is 1. The van der Waals surface area contributed by atoms with Crippen molar-refractivity contribution in [1.82, 2.24) is 0 Å². The van der Waals surface area contributed by atoms with E-state index in [-0.39, 0.29) is 22.5 Å². The lowest BCUT2D eigenvalue weighted by Crippen LogP contribution is -2.17. The second kappa shape index (κ2) is 5.96. The number of carboxylic acid groups (broad SMARTS) is 1. The molecule has 106 valence electrons. The number of aliphatic carboxylic acids is 1. The van der Waals surface area contributed by atoms with E-state index in [0.29, 0.717) is 0 Å². The normalized spacial score (nSPS) is 11.6. The Morgan fingerprint density at radius 1 is 1.25 bits per heavy atom. The van der Waals surface area contributed by atoms with Gasteiger partial charge in [-0.25, -0.2) is 4.79 Å². The Labute approximate surface area is 115 Å². The number of aryl methyl sites for hydroxylation is 1. The molecule has 2 N–H and O–H groups in total. The second-order valence-electron chi connectivity index (χ2n) is 4.29. The van der Waals surface area contributed by atoms with Crippen molar-refractivity contribution in [3.05, 3.63) is 45.0 Å². The van der Waals surface area contributed by atoms with Crippen LogP contribution in [0, 0.1) is 17.0 Å². The van der Waals surface area contributed by atoms with Gasteiger partial charge in [0, 0.05) is 17.2 Å². The Morgan fingerprint density at radius 3 is 2.35 bits per heavy atom. The molecule has 20 heavy (non-hydrogen) atoms. The molecule has 0 heterocycles. The first-order valence-electron chi connectivity index (χ1n) is 5.71. The number of hydrogen-bond donors (Lipinski definition) is 2. The molecule has 1 aromatic carbocycles. The topological polar surface area (TPSA) is 110 Å². The number of hydrogen-bond acceptors (Lipinski definition) is 4. The first-order valence-corrected chi connectivity index (χ1v) is 5.71. The molecule has 0 saturated heterocycles. The van der Waals surface area contributed by atoms with Gasteiger partial charge < -0.3 is 10.4 Å². The van der Waals surface area contributed by atoms with Crippen molar-refractivity contribution in [3.63, 3.8) is 0 Å². The molecule has 0 aromatic heterocycles. The minimum Gasteiger partial charge on any atom is -0.478 e. The number of rotatable bonds is 4. The van der Waals surface area contributed by atoms with E-state index in [1.807, 2.05) is 0 Å². The third-order valence-corrected chi connectivity index (χ3v) is 2.82. The van der Waals surface area contributed by atoms with E-state index in [2.05, 4.69) is 5.32 Å². The fourth-order valence-corrected chi connectivity index (χ4v) is 1.46. The summed E-state index contributed by atoms with van der Waals surface area (Å²) in [5.41, 5.74) is 0.413. The van der Waals surface area contributed by atoms with Gasteiger partial charge in [0.25, 0.3) is 11.6 Å². The van der Waals surface area contributed by atoms with Gasteiger partial charge in [0.1, 0.15) is 5.69 Å². The molecular weight excluding hydrogens is 264 g/mol. The van der Waals surface area contributed by atoms with E-state index < -0.39 is 16.8 Å². The van der Waals surface area contributed by atoms with Gasteiger partial charge in [-0.15, -0.1) is 0 Å². The predicted molar refractivity (Wildman–Crippen MR) is 72.5 cm³/mol. The summed E-state index contributed by atoms with van der Waals surface area (Å²) in [5.74, 6) is -1.89. The maximum absolute atomic E-state index is 11.9. The molecular formula is C13H14N2O5. The van der Waals surface area contributed by atoms with Gasteiger partial charge in [-0.3, -0.25) is 14.9 Å². The molecule has 0 radical (unpaired) electrons. The molecule has 0 unspecified atom stereocenters. The van der Waals surface area contributed by atoms with Crippen LogP contribution in [0.5, 0.6) is 0 Å². The van der Waals surface area contributed by atoms with Crippen LogP contribution in [0.1, 0.15) is 19.4 Å². The summed E-state index contributed by atoms with van der Waals surface area (Å²) in [5, 5.41) is 22.0. The van der Waals surface area contributed by atoms with Crippen LogP contribution in [0.3, 0.4) is 0 Å². The first kappa shape index (κ1) is 15.4. The smallest absolute Gasteiger partial charge is 0.331 e. The fraction of sp³-hybridized carbons (Fsp3) is 0.231. The minimum absolute atomic E-state index is 0.00620. The summed E-state index contributed by atoms with van der Waals surface area (Å²) in [6.45, 7) is 4.37. The Hall–Kier alpha value is -2.70. The zero-order valence-corrected chi connectivity index (χ0v) is 11.3. The zero-order chi connectivity index (χ0) is 15.4. The Morgan fingerprint density at radius 2 is 1.85 bits per heavy atom. The van der Waals surface area contributed by atoms with Crippen molar-refractivity contribution in [3.8, 4) is 0 Å². The lowest BCUT2D eigenvalue weighted by atomic mass is 10.1.